The fourth-order valence-electron chi connectivity index (χ4n) is 8.87. The molecule has 1 heterocycles. The van der Waals surface area contributed by atoms with Crippen LogP contribution in [0.3, 0.4) is 0 Å². The first kappa shape index (κ1) is 31.4. The predicted molar refractivity (Wildman–Crippen MR) is 225 cm³/mol. The summed E-state index contributed by atoms with van der Waals surface area (Å²) in [6.45, 7) is 9.17. The fourth-order valence-corrected chi connectivity index (χ4v) is 8.87. The summed E-state index contributed by atoms with van der Waals surface area (Å²) >= 11 is 0. The van der Waals surface area contributed by atoms with Crippen molar-refractivity contribution in [2.24, 2.45) is 0 Å². The molecule has 0 atom stereocenters. The van der Waals surface area contributed by atoms with Crippen LogP contribution < -0.4 is 4.90 Å². The highest BCUT2D eigenvalue weighted by Gasteiger charge is 2.38. The Morgan fingerprint density at radius 2 is 1.08 bits per heavy atom. The number of benzene rings is 8. The molecule has 2 heteroatoms. The second kappa shape index (κ2) is 11.8. The summed E-state index contributed by atoms with van der Waals surface area (Å²) in [7, 11) is 0. The van der Waals surface area contributed by atoms with Crippen LogP contribution in [0.5, 0.6) is 0 Å². The summed E-state index contributed by atoms with van der Waals surface area (Å²) in [5, 5.41) is 5.11. The van der Waals surface area contributed by atoms with Gasteiger partial charge in [0.05, 0.1) is 16.7 Å². The molecule has 1 aliphatic carbocycles. The molecule has 0 N–H and O–H groups in total. The van der Waals surface area contributed by atoms with E-state index in [1.807, 2.05) is 0 Å². The minimum atomic E-state index is -0.232. The van der Waals surface area contributed by atoms with Crippen molar-refractivity contribution >= 4 is 49.6 Å². The highest BCUT2D eigenvalue weighted by Crippen LogP contribution is 2.54. The Bertz CT molecular complexity index is 2880. The van der Waals surface area contributed by atoms with E-state index < -0.39 is 0 Å². The summed E-state index contributed by atoms with van der Waals surface area (Å²) in [4.78, 5) is 2.39. The number of para-hydroxylation sites is 1. The van der Waals surface area contributed by atoms with Crippen molar-refractivity contribution in [2.45, 2.75) is 33.1 Å². The number of hydrogen-bond donors (Lipinski definition) is 0. The van der Waals surface area contributed by atoms with Gasteiger partial charge in [0.15, 0.2) is 0 Å². The minimum Gasteiger partial charge on any atom is -0.310 e. The topological polar surface area (TPSA) is 8.17 Å². The van der Waals surface area contributed by atoms with Gasteiger partial charge in [-0.1, -0.05) is 123 Å². The van der Waals surface area contributed by atoms with Gasteiger partial charge < -0.3 is 9.47 Å². The molecule has 0 bridgehead atoms. The lowest BCUT2D eigenvalue weighted by Crippen LogP contribution is -2.17. The Morgan fingerprint density at radius 3 is 1.85 bits per heavy atom. The lowest BCUT2D eigenvalue weighted by molar-refractivity contribution is 0.660. The largest absolute Gasteiger partial charge is 0.310 e. The molecule has 2 nitrogen and oxygen atoms in total. The molecule has 1 aliphatic rings. The number of fused-ring (bicyclic) bond motifs is 8. The van der Waals surface area contributed by atoms with Crippen LogP contribution in [-0.4, -0.2) is 4.57 Å². The molecule has 0 radical (unpaired) electrons. The Labute approximate surface area is 311 Å². The van der Waals surface area contributed by atoms with E-state index in [0.29, 0.717) is 0 Å². The van der Waals surface area contributed by atoms with Crippen LogP contribution >= 0.6 is 0 Å². The van der Waals surface area contributed by atoms with E-state index in [-0.39, 0.29) is 5.41 Å². The summed E-state index contributed by atoms with van der Waals surface area (Å²) in [5.41, 5.74) is 17.3. The SMILES string of the molecule is Cc1cccc(N(c2ccccc2)c2ccc3c(c2)C(C)(C)c2cc(-n4c5ccc(C)cc5c5cc(-c6ccccc6)ccc54)c4ccccc4c2-3)c1. The normalized spacial score (nSPS) is 13.1. The molecule has 0 unspecified atom stereocenters. The van der Waals surface area contributed by atoms with E-state index in [4.69, 9.17) is 0 Å². The second-order valence-corrected chi connectivity index (χ2v) is 15.2. The standard InChI is InChI=1S/C51H40N2/c1-33-14-13-19-38(28-33)52(37-17-9-6-10-18-37)39-24-25-42-45(31-39)51(3,4)46-32-49(40-20-11-12-21-41(40)50(42)46)53-47-26-22-34(2)29-43(47)44-30-36(23-27-48(44)53)35-15-7-5-8-16-35/h5-32H,1-4H3. The number of aryl methyl sites for hydroxylation is 2. The Balaban J connectivity index is 1.20. The maximum Gasteiger partial charge on any atom is 0.0544 e. The third kappa shape index (κ3) is 4.86. The smallest absolute Gasteiger partial charge is 0.0544 e. The Hall–Kier alpha value is -6.38. The van der Waals surface area contributed by atoms with Gasteiger partial charge in [-0.15, -0.1) is 0 Å². The zero-order valence-corrected chi connectivity index (χ0v) is 30.6. The quantitative estimate of drug-likeness (QED) is 0.176. The summed E-state index contributed by atoms with van der Waals surface area (Å²) in [6.07, 6.45) is 0. The second-order valence-electron chi connectivity index (χ2n) is 15.2. The Kier molecular flexibility index (Phi) is 7.00. The molecule has 0 spiro atoms. The number of aromatic nitrogens is 1. The van der Waals surface area contributed by atoms with E-state index in [9.17, 15) is 0 Å². The molecule has 0 amide bonds. The number of hydrogen-bond acceptors (Lipinski definition) is 1. The monoisotopic (exact) mass is 680 g/mol. The number of rotatable bonds is 5. The first-order valence-electron chi connectivity index (χ1n) is 18.6. The molecule has 8 aromatic carbocycles. The molecule has 254 valence electrons. The van der Waals surface area contributed by atoms with Crippen molar-refractivity contribution in [3.63, 3.8) is 0 Å². The van der Waals surface area contributed by atoms with Crippen LogP contribution in [0, 0.1) is 13.8 Å². The third-order valence-electron chi connectivity index (χ3n) is 11.4. The van der Waals surface area contributed by atoms with Crippen LogP contribution in [0.2, 0.25) is 0 Å². The van der Waals surface area contributed by atoms with Crippen molar-refractivity contribution in [3.05, 3.63) is 192 Å². The summed E-state index contributed by atoms with van der Waals surface area (Å²) in [5.74, 6) is 0. The van der Waals surface area contributed by atoms with Gasteiger partial charge >= 0.3 is 0 Å². The first-order valence-corrected chi connectivity index (χ1v) is 18.6. The third-order valence-corrected chi connectivity index (χ3v) is 11.4. The maximum absolute atomic E-state index is 2.51. The van der Waals surface area contributed by atoms with Crippen LogP contribution in [-0.2, 0) is 5.41 Å². The predicted octanol–water partition coefficient (Wildman–Crippen LogP) is 14.0. The van der Waals surface area contributed by atoms with Crippen LogP contribution in [0.1, 0.15) is 36.1 Å². The average molecular weight is 681 g/mol. The molecular formula is C51H40N2. The minimum absolute atomic E-state index is 0.232. The van der Waals surface area contributed by atoms with Gasteiger partial charge in [-0.05, 0) is 125 Å². The Morgan fingerprint density at radius 1 is 0.434 bits per heavy atom. The molecular weight excluding hydrogens is 641 g/mol. The van der Waals surface area contributed by atoms with Gasteiger partial charge in [-0.25, -0.2) is 0 Å². The van der Waals surface area contributed by atoms with Gasteiger partial charge in [-0.2, -0.15) is 0 Å². The summed E-state index contributed by atoms with van der Waals surface area (Å²) < 4.78 is 2.51. The average Bonchev–Trinajstić information content (AvgIpc) is 3.62. The molecule has 0 saturated carbocycles. The molecule has 0 saturated heterocycles. The molecule has 1 aromatic heterocycles. The molecule has 10 rings (SSSR count). The van der Waals surface area contributed by atoms with Crippen molar-refractivity contribution in [2.75, 3.05) is 4.90 Å². The number of nitrogens with zero attached hydrogens (tertiary/aromatic N) is 2. The molecule has 0 fully saturated rings. The summed E-state index contributed by atoms with van der Waals surface area (Å²) in [6, 6.07) is 62.8. The zero-order valence-electron chi connectivity index (χ0n) is 30.6. The van der Waals surface area contributed by atoms with Crippen molar-refractivity contribution in [1.82, 2.24) is 4.57 Å². The highest BCUT2D eigenvalue weighted by atomic mass is 15.1. The fraction of sp³-hybridized carbons (Fsp3) is 0.0980. The molecule has 0 aliphatic heterocycles. The zero-order chi connectivity index (χ0) is 35.8. The van der Waals surface area contributed by atoms with Crippen molar-refractivity contribution in [1.29, 1.82) is 0 Å². The van der Waals surface area contributed by atoms with E-state index in [0.717, 1.165) is 17.1 Å². The van der Waals surface area contributed by atoms with E-state index in [1.54, 1.807) is 0 Å². The van der Waals surface area contributed by atoms with Gasteiger partial charge in [0.1, 0.15) is 0 Å². The van der Waals surface area contributed by atoms with Crippen molar-refractivity contribution in [3.8, 4) is 27.9 Å². The lowest BCUT2D eigenvalue weighted by Gasteiger charge is -2.28. The van der Waals surface area contributed by atoms with E-state index in [2.05, 4.69) is 207 Å². The first-order chi connectivity index (χ1) is 25.9. The van der Waals surface area contributed by atoms with Crippen LogP contribution in [0.15, 0.2) is 170 Å². The van der Waals surface area contributed by atoms with Gasteiger partial charge in [-0.3, -0.25) is 0 Å². The van der Waals surface area contributed by atoms with E-state index >= 15 is 0 Å². The molecule has 53 heavy (non-hydrogen) atoms. The van der Waals surface area contributed by atoms with Crippen molar-refractivity contribution < 1.29 is 0 Å². The van der Waals surface area contributed by atoms with Gasteiger partial charge in [0.25, 0.3) is 0 Å². The molecule has 9 aromatic rings. The highest BCUT2D eigenvalue weighted by molar-refractivity contribution is 6.13. The van der Waals surface area contributed by atoms with Crippen LogP contribution in [0.4, 0.5) is 17.1 Å². The van der Waals surface area contributed by atoms with Gasteiger partial charge in [0.2, 0.25) is 0 Å². The van der Waals surface area contributed by atoms with Gasteiger partial charge in [0, 0.05) is 38.6 Å². The lowest BCUT2D eigenvalue weighted by atomic mass is 9.81. The maximum atomic E-state index is 2.51. The van der Waals surface area contributed by atoms with E-state index in [1.165, 1.54) is 82.8 Å². The van der Waals surface area contributed by atoms with Crippen LogP contribution in [0.25, 0.3) is 60.5 Å². The number of anilines is 3.